The highest BCUT2D eigenvalue weighted by atomic mass is 16.8. The monoisotopic (exact) mass is 242 g/mol. The van der Waals surface area contributed by atoms with E-state index in [9.17, 15) is 0 Å². The van der Waals surface area contributed by atoms with Crippen LogP contribution in [-0.4, -0.2) is 37.3 Å². The molecule has 0 unspecified atom stereocenters. The van der Waals surface area contributed by atoms with Gasteiger partial charge < -0.3 is 18.9 Å². The van der Waals surface area contributed by atoms with E-state index >= 15 is 0 Å². The van der Waals surface area contributed by atoms with E-state index in [4.69, 9.17) is 18.9 Å². The first-order chi connectivity index (χ1) is 8.12. The van der Waals surface area contributed by atoms with Crippen LogP contribution in [0.5, 0.6) is 0 Å². The van der Waals surface area contributed by atoms with Gasteiger partial charge in [-0.1, -0.05) is 13.3 Å². The largest absolute Gasteiger partial charge is 0.492 e. The smallest absolute Gasteiger partial charge is 0.163 e. The molecule has 3 atom stereocenters. The first kappa shape index (κ1) is 12.9. The summed E-state index contributed by atoms with van der Waals surface area (Å²) in [5, 5.41) is 0. The lowest BCUT2D eigenvalue weighted by Gasteiger charge is -2.25. The molecular formula is C13H22O4. The summed E-state index contributed by atoms with van der Waals surface area (Å²) in [6.07, 6.45) is 5.73. The molecule has 0 N–H and O–H groups in total. The van der Waals surface area contributed by atoms with Crippen LogP contribution < -0.4 is 0 Å². The molecule has 2 heterocycles. The maximum Gasteiger partial charge on any atom is 0.163 e. The van der Waals surface area contributed by atoms with Gasteiger partial charge in [0.15, 0.2) is 11.9 Å². The van der Waals surface area contributed by atoms with Crippen molar-refractivity contribution in [2.45, 2.75) is 57.7 Å². The summed E-state index contributed by atoms with van der Waals surface area (Å²) in [6, 6.07) is 0. The quantitative estimate of drug-likeness (QED) is 0.693. The molecule has 0 radical (unpaired) electrons. The van der Waals surface area contributed by atoms with E-state index in [2.05, 4.69) is 6.92 Å². The highest BCUT2D eigenvalue weighted by Crippen LogP contribution is 2.29. The molecule has 4 nitrogen and oxygen atoms in total. The molecule has 1 fully saturated rings. The molecule has 0 aromatic carbocycles. The molecular weight excluding hydrogens is 220 g/mol. The van der Waals surface area contributed by atoms with E-state index in [1.807, 2.05) is 19.9 Å². The summed E-state index contributed by atoms with van der Waals surface area (Å²) in [4.78, 5) is 0. The third kappa shape index (κ3) is 3.21. The predicted molar refractivity (Wildman–Crippen MR) is 63.6 cm³/mol. The topological polar surface area (TPSA) is 36.9 Å². The van der Waals surface area contributed by atoms with Crippen molar-refractivity contribution in [3.8, 4) is 0 Å². The van der Waals surface area contributed by atoms with E-state index in [0.717, 1.165) is 19.4 Å². The maximum atomic E-state index is 5.80. The fourth-order valence-electron chi connectivity index (χ4n) is 2.09. The normalized spacial score (nSPS) is 35.1. The van der Waals surface area contributed by atoms with Crippen LogP contribution in [0.1, 0.15) is 33.6 Å². The second kappa shape index (κ2) is 5.38. The fraction of sp³-hybridized carbons (Fsp3) is 0.846. The van der Waals surface area contributed by atoms with Crippen molar-refractivity contribution in [3.63, 3.8) is 0 Å². The third-order valence-corrected chi connectivity index (χ3v) is 3.03. The van der Waals surface area contributed by atoms with Gasteiger partial charge in [-0.3, -0.25) is 0 Å². The maximum absolute atomic E-state index is 5.80. The Kier molecular flexibility index (Phi) is 4.07. The van der Waals surface area contributed by atoms with E-state index in [1.54, 1.807) is 6.26 Å². The minimum Gasteiger partial charge on any atom is -0.492 e. The summed E-state index contributed by atoms with van der Waals surface area (Å²) < 4.78 is 22.7. The molecule has 98 valence electrons. The number of ether oxygens (including phenoxy) is 4. The number of hydrogen-bond acceptors (Lipinski definition) is 4. The van der Waals surface area contributed by atoms with E-state index < -0.39 is 5.79 Å². The van der Waals surface area contributed by atoms with Crippen LogP contribution in [-0.2, 0) is 18.9 Å². The van der Waals surface area contributed by atoms with E-state index in [-0.39, 0.29) is 18.3 Å². The van der Waals surface area contributed by atoms with Gasteiger partial charge in [-0.15, -0.1) is 0 Å². The Balaban J connectivity index is 1.84. The molecule has 0 aliphatic carbocycles. The summed E-state index contributed by atoms with van der Waals surface area (Å²) in [5.74, 6) is -0.509. The fourth-order valence-corrected chi connectivity index (χ4v) is 2.09. The summed E-state index contributed by atoms with van der Waals surface area (Å²) in [6.45, 7) is 7.32. The van der Waals surface area contributed by atoms with Gasteiger partial charge in [0.25, 0.3) is 0 Å². The lowest BCUT2D eigenvalue weighted by Crippen LogP contribution is -2.39. The lowest BCUT2D eigenvalue weighted by molar-refractivity contribution is -0.158. The second-order valence-corrected chi connectivity index (χ2v) is 4.99. The Labute approximate surface area is 103 Å². The van der Waals surface area contributed by atoms with Crippen LogP contribution in [0.3, 0.4) is 0 Å². The first-order valence-electron chi connectivity index (χ1n) is 6.38. The molecule has 0 spiro atoms. The van der Waals surface area contributed by atoms with Gasteiger partial charge in [0, 0.05) is 6.61 Å². The van der Waals surface area contributed by atoms with Gasteiger partial charge in [-0.2, -0.15) is 0 Å². The van der Waals surface area contributed by atoms with Crippen LogP contribution >= 0.6 is 0 Å². The van der Waals surface area contributed by atoms with Crippen molar-refractivity contribution >= 4 is 0 Å². The van der Waals surface area contributed by atoms with Crippen LogP contribution in [0.4, 0.5) is 0 Å². The number of hydrogen-bond donors (Lipinski definition) is 0. The van der Waals surface area contributed by atoms with E-state index in [1.165, 1.54) is 0 Å². The third-order valence-electron chi connectivity index (χ3n) is 3.03. The highest BCUT2D eigenvalue weighted by Gasteiger charge is 2.42. The molecule has 0 aromatic rings. The minimum atomic E-state index is -0.509. The Hall–Kier alpha value is -0.580. The van der Waals surface area contributed by atoms with E-state index in [0.29, 0.717) is 6.61 Å². The molecule has 2 aliphatic rings. The zero-order chi connectivity index (χ0) is 12.3. The average Bonchev–Trinajstić information content (AvgIpc) is 2.85. The summed E-state index contributed by atoms with van der Waals surface area (Å²) >= 11 is 0. The van der Waals surface area contributed by atoms with Gasteiger partial charge in [0.2, 0.25) is 0 Å². The molecule has 4 heteroatoms. The molecule has 17 heavy (non-hydrogen) atoms. The predicted octanol–water partition coefficient (Wildman–Crippen LogP) is 2.24. The molecule has 0 bridgehead atoms. The van der Waals surface area contributed by atoms with Gasteiger partial charge in [-0.25, -0.2) is 0 Å². The molecule has 0 amide bonds. The van der Waals surface area contributed by atoms with Crippen molar-refractivity contribution in [2.24, 2.45) is 0 Å². The Morgan fingerprint density at radius 1 is 1.41 bits per heavy atom. The van der Waals surface area contributed by atoms with Crippen LogP contribution in [0, 0.1) is 0 Å². The van der Waals surface area contributed by atoms with Crippen molar-refractivity contribution < 1.29 is 18.9 Å². The highest BCUT2D eigenvalue weighted by molar-refractivity contribution is 5.01. The van der Waals surface area contributed by atoms with Crippen LogP contribution in [0.2, 0.25) is 0 Å². The molecule has 2 rings (SSSR count). The lowest BCUT2D eigenvalue weighted by atomic mass is 10.1. The molecule has 2 aliphatic heterocycles. The minimum absolute atomic E-state index is 0.0101. The zero-order valence-corrected chi connectivity index (χ0v) is 10.8. The first-order valence-corrected chi connectivity index (χ1v) is 6.38. The Morgan fingerprint density at radius 2 is 2.24 bits per heavy atom. The van der Waals surface area contributed by atoms with Gasteiger partial charge in [-0.05, 0) is 26.3 Å². The SMILES string of the molecule is CCCCO[C@@H]1C=CO[C@@H]1[C@H]1COC(C)(C)O1. The average molecular weight is 242 g/mol. The van der Waals surface area contributed by atoms with Crippen molar-refractivity contribution in [1.29, 1.82) is 0 Å². The summed E-state index contributed by atoms with van der Waals surface area (Å²) in [5.41, 5.74) is 0. The van der Waals surface area contributed by atoms with Crippen molar-refractivity contribution in [1.82, 2.24) is 0 Å². The van der Waals surface area contributed by atoms with Crippen molar-refractivity contribution in [2.75, 3.05) is 13.2 Å². The van der Waals surface area contributed by atoms with Gasteiger partial charge in [0.1, 0.15) is 12.2 Å². The van der Waals surface area contributed by atoms with Gasteiger partial charge in [0.05, 0.1) is 12.9 Å². The second-order valence-electron chi connectivity index (χ2n) is 4.99. The standard InChI is InChI=1S/C13H22O4/c1-4-5-7-14-10-6-8-15-12(10)11-9-16-13(2,3)17-11/h6,8,10-12H,4-5,7,9H2,1-3H3/t10-,11-,12+/m1/s1. The molecule has 0 saturated carbocycles. The van der Waals surface area contributed by atoms with Gasteiger partial charge >= 0.3 is 0 Å². The summed E-state index contributed by atoms with van der Waals surface area (Å²) in [7, 11) is 0. The zero-order valence-electron chi connectivity index (χ0n) is 10.8. The molecule has 0 aromatic heterocycles. The Morgan fingerprint density at radius 3 is 2.88 bits per heavy atom. The van der Waals surface area contributed by atoms with Crippen molar-refractivity contribution in [3.05, 3.63) is 12.3 Å². The number of rotatable bonds is 5. The van der Waals surface area contributed by atoms with Crippen LogP contribution in [0.25, 0.3) is 0 Å². The number of unbranched alkanes of at least 4 members (excludes halogenated alkanes) is 1. The molecule has 1 saturated heterocycles. The Bertz CT molecular complexity index is 275. The van der Waals surface area contributed by atoms with Crippen LogP contribution in [0.15, 0.2) is 12.3 Å².